The van der Waals surface area contributed by atoms with Crippen LogP contribution in [0.15, 0.2) is 47.6 Å². The molecule has 2 aromatic carbocycles. The van der Waals surface area contributed by atoms with Crippen molar-refractivity contribution in [3.63, 3.8) is 0 Å². The van der Waals surface area contributed by atoms with Gasteiger partial charge in [-0.3, -0.25) is 9.59 Å². The molecule has 0 aliphatic rings. The Kier molecular flexibility index (Phi) is 8.29. The number of ether oxygens (including phenoxy) is 1. The Morgan fingerprint density at radius 1 is 1.18 bits per heavy atom. The number of amides is 2. The lowest BCUT2D eigenvalue weighted by atomic mass is 10.2. The molecular formula is C20H21Cl2N3O3. The summed E-state index contributed by atoms with van der Waals surface area (Å²) in [6.45, 7) is 4.01. The van der Waals surface area contributed by atoms with Crippen molar-refractivity contribution in [1.82, 2.24) is 10.7 Å². The molecule has 0 unspecified atom stereocenters. The number of hydrogen-bond donors (Lipinski definition) is 2. The smallest absolute Gasteiger partial charge is 0.329 e. The number of halogens is 2. The second kappa shape index (κ2) is 10.7. The summed E-state index contributed by atoms with van der Waals surface area (Å²) in [6.07, 6.45) is 2.16. The molecule has 0 heterocycles. The predicted octanol–water partition coefficient (Wildman–Crippen LogP) is 3.94. The van der Waals surface area contributed by atoms with E-state index in [4.69, 9.17) is 27.9 Å². The molecule has 2 aromatic rings. The molecule has 0 saturated carbocycles. The predicted molar refractivity (Wildman–Crippen MR) is 111 cm³/mol. The highest BCUT2D eigenvalue weighted by Gasteiger charge is 2.14. The van der Waals surface area contributed by atoms with Crippen LogP contribution >= 0.6 is 23.2 Å². The Morgan fingerprint density at radius 2 is 1.96 bits per heavy atom. The third-order valence-corrected chi connectivity index (χ3v) is 4.43. The molecule has 2 rings (SSSR count). The first-order chi connectivity index (χ1) is 13.4. The molecule has 0 radical (unpaired) electrons. The summed E-state index contributed by atoms with van der Waals surface area (Å²) in [5.74, 6) is -0.930. The van der Waals surface area contributed by atoms with Gasteiger partial charge in [-0.05, 0) is 43.2 Å². The van der Waals surface area contributed by atoms with Gasteiger partial charge in [0.2, 0.25) is 0 Å². The summed E-state index contributed by atoms with van der Waals surface area (Å²) in [7, 11) is 0. The van der Waals surface area contributed by atoms with E-state index in [1.807, 2.05) is 13.8 Å². The zero-order valence-corrected chi connectivity index (χ0v) is 17.1. The highest BCUT2D eigenvalue weighted by Crippen LogP contribution is 2.22. The number of rotatable bonds is 7. The molecule has 0 aliphatic heterocycles. The van der Waals surface area contributed by atoms with Gasteiger partial charge in [0.25, 0.3) is 0 Å². The van der Waals surface area contributed by atoms with Gasteiger partial charge in [-0.1, -0.05) is 48.3 Å². The Balaban J connectivity index is 1.91. The second-order valence-corrected chi connectivity index (χ2v) is 6.92. The molecule has 0 aliphatic carbocycles. The van der Waals surface area contributed by atoms with E-state index in [0.29, 0.717) is 21.4 Å². The molecule has 0 bridgehead atoms. The van der Waals surface area contributed by atoms with Crippen molar-refractivity contribution in [3.8, 4) is 5.75 Å². The van der Waals surface area contributed by atoms with Gasteiger partial charge in [0.1, 0.15) is 12.4 Å². The first-order valence-corrected chi connectivity index (χ1v) is 9.45. The van der Waals surface area contributed by atoms with Crippen molar-refractivity contribution in [1.29, 1.82) is 0 Å². The van der Waals surface area contributed by atoms with Gasteiger partial charge < -0.3 is 10.1 Å². The fourth-order valence-corrected chi connectivity index (χ4v) is 2.56. The first kappa shape index (κ1) is 21.7. The maximum absolute atomic E-state index is 11.7. The van der Waals surface area contributed by atoms with Gasteiger partial charge in [-0.2, -0.15) is 5.10 Å². The van der Waals surface area contributed by atoms with Crippen LogP contribution in [-0.2, 0) is 16.2 Å². The number of carbonyl (C=O) groups is 2. The number of carbonyl (C=O) groups excluding carboxylic acids is 2. The topological polar surface area (TPSA) is 79.8 Å². The van der Waals surface area contributed by atoms with Crippen LogP contribution in [0, 0.1) is 0 Å². The van der Waals surface area contributed by atoms with Crippen molar-refractivity contribution in [3.05, 3.63) is 63.6 Å². The minimum Gasteiger partial charge on any atom is -0.489 e. The second-order valence-electron chi connectivity index (χ2n) is 6.08. The molecule has 28 heavy (non-hydrogen) atoms. The summed E-state index contributed by atoms with van der Waals surface area (Å²) in [5.41, 5.74) is 3.70. The molecule has 0 spiro atoms. The number of benzene rings is 2. The lowest BCUT2D eigenvalue weighted by Crippen LogP contribution is -2.41. The zero-order valence-electron chi connectivity index (χ0n) is 15.5. The van der Waals surface area contributed by atoms with Crippen molar-refractivity contribution >= 4 is 41.2 Å². The Hall–Kier alpha value is -2.57. The molecule has 2 N–H and O–H groups in total. The highest BCUT2D eigenvalue weighted by atomic mass is 35.5. The van der Waals surface area contributed by atoms with Crippen LogP contribution in [0.4, 0.5) is 0 Å². The zero-order chi connectivity index (χ0) is 20.5. The SMILES string of the molecule is CC[C@@H](C)NC(=O)C(=O)N/N=C\c1cccc(OCc2ccc(Cl)cc2Cl)c1. The van der Waals surface area contributed by atoms with E-state index in [0.717, 1.165) is 12.0 Å². The molecule has 6 nitrogen and oxygen atoms in total. The average molecular weight is 422 g/mol. The summed E-state index contributed by atoms with van der Waals surface area (Å²) in [5, 5.41) is 7.46. The third kappa shape index (κ3) is 6.87. The molecule has 0 fully saturated rings. The molecule has 1 atom stereocenters. The fourth-order valence-electron chi connectivity index (χ4n) is 2.09. The largest absolute Gasteiger partial charge is 0.489 e. The van der Waals surface area contributed by atoms with Gasteiger partial charge in [0, 0.05) is 21.7 Å². The van der Waals surface area contributed by atoms with Crippen molar-refractivity contribution in [2.75, 3.05) is 0 Å². The highest BCUT2D eigenvalue weighted by molar-refractivity contribution is 6.35. The van der Waals surface area contributed by atoms with Crippen LogP contribution < -0.4 is 15.5 Å². The van der Waals surface area contributed by atoms with Crippen LogP contribution in [0.2, 0.25) is 10.0 Å². The third-order valence-electron chi connectivity index (χ3n) is 3.84. The number of hydrazone groups is 1. The molecule has 0 aromatic heterocycles. The van der Waals surface area contributed by atoms with E-state index >= 15 is 0 Å². The average Bonchev–Trinajstić information content (AvgIpc) is 2.67. The normalized spacial score (nSPS) is 11.9. The van der Waals surface area contributed by atoms with E-state index in [9.17, 15) is 9.59 Å². The van der Waals surface area contributed by atoms with Crippen LogP contribution in [0.1, 0.15) is 31.4 Å². The van der Waals surface area contributed by atoms with Crippen molar-refractivity contribution < 1.29 is 14.3 Å². The Labute approximate surface area is 173 Å². The van der Waals surface area contributed by atoms with Gasteiger partial charge in [0.05, 0.1) is 6.21 Å². The van der Waals surface area contributed by atoms with E-state index in [1.165, 1.54) is 6.21 Å². The van der Waals surface area contributed by atoms with E-state index in [2.05, 4.69) is 15.8 Å². The monoisotopic (exact) mass is 421 g/mol. The minimum atomic E-state index is -0.818. The molecule has 2 amide bonds. The number of hydrogen-bond acceptors (Lipinski definition) is 4. The maximum Gasteiger partial charge on any atom is 0.329 e. The van der Waals surface area contributed by atoms with Crippen LogP contribution in [0.5, 0.6) is 5.75 Å². The van der Waals surface area contributed by atoms with Crippen molar-refractivity contribution in [2.24, 2.45) is 5.10 Å². The van der Waals surface area contributed by atoms with Crippen LogP contribution in [-0.4, -0.2) is 24.1 Å². The fraction of sp³-hybridized carbons (Fsp3) is 0.250. The summed E-state index contributed by atoms with van der Waals surface area (Å²) >= 11 is 12.0. The van der Waals surface area contributed by atoms with Gasteiger partial charge in [0.15, 0.2) is 0 Å². The number of nitrogens with zero attached hydrogens (tertiary/aromatic N) is 1. The summed E-state index contributed by atoms with van der Waals surface area (Å²) in [4.78, 5) is 23.3. The van der Waals surface area contributed by atoms with Crippen LogP contribution in [0.3, 0.4) is 0 Å². The van der Waals surface area contributed by atoms with E-state index < -0.39 is 11.8 Å². The van der Waals surface area contributed by atoms with Gasteiger partial charge >= 0.3 is 11.8 Å². The summed E-state index contributed by atoms with van der Waals surface area (Å²) in [6, 6.07) is 12.2. The standard InChI is InChI=1S/C20H21Cl2N3O3/c1-3-13(2)24-19(26)20(27)25-23-11-14-5-4-6-17(9-14)28-12-15-7-8-16(21)10-18(15)22/h4-11,13H,3,12H2,1-2H3,(H,24,26)(H,25,27)/b23-11-/t13-/m1/s1. The Morgan fingerprint density at radius 3 is 2.68 bits per heavy atom. The van der Waals surface area contributed by atoms with Crippen LogP contribution in [0.25, 0.3) is 0 Å². The quantitative estimate of drug-likeness (QED) is 0.403. The van der Waals surface area contributed by atoms with Crippen molar-refractivity contribution in [2.45, 2.75) is 32.9 Å². The molecule has 8 heteroatoms. The summed E-state index contributed by atoms with van der Waals surface area (Å²) < 4.78 is 5.73. The molecule has 148 valence electrons. The Bertz CT molecular complexity index is 872. The van der Waals surface area contributed by atoms with E-state index in [1.54, 1.807) is 42.5 Å². The molecular weight excluding hydrogens is 401 g/mol. The maximum atomic E-state index is 11.7. The number of nitrogens with one attached hydrogen (secondary N) is 2. The van der Waals surface area contributed by atoms with Gasteiger partial charge in [-0.15, -0.1) is 0 Å². The van der Waals surface area contributed by atoms with E-state index in [-0.39, 0.29) is 12.6 Å². The van der Waals surface area contributed by atoms with Gasteiger partial charge in [-0.25, -0.2) is 5.43 Å². The molecule has 0 saturated heterocycles. The first-order valence-electron chi connectivity index (χ1n) is 8.69. The lowest BCUT2D eigenvalue weighted by Gasteiger charge is -2.09. The minimum absolute atomic E-state index is 0.0785. The lowest BCUT2D eigenvalue weighted by molar-refractivity contribution is -0.139.